The number of anilines is 1. The molecule has 0 spiro atoms. The number of aromatic nitrogens is 4. The number of fused-ring (bicyclic) bond motifs is 3. The van der Waals surface area contributed by atoms with Crippen molar-refractivity contribution in [1.29, 1.82) is 0 Å². The van der Waals surface area contributed by atoms with Crippen molar-refractivity contribution in [3.63, 3.8) is 0 Å². The van der Waals surface area contributed by atoms with Crippen LogP contribution in [0.4, 0.5) is 5.82 Å². The Morgan fingerprint density at radius 1 is 1.12 bits per heavy atom. The van der Waals surface area contributed by atoms with Crippen LogP contribution >= 0.6 is 11.6 Å². The van der Waals surface area contributed by atoms with E-state index in [4.69, 9.17) is 16.6 Å². The fourth-order valence-corrected chi connectivity index (χ4v) is 2.93. The highest BCUT2D eigenvalue weighted by atomic mass is 35.5. The molecule has 1 atom stereocenters. The third-order valence-electron chi connectivity index (χ3n) is 4.36. The number of halogens is 1. The maximum atomic E-state index is 6.00. The molecule has 5 nitrogen and oxygen atoms in total. The monoisotopic (exact) mass is 351 g/mol. The van der Waals surface area contributed by atoms with Crippen LogP contribution < -0.4 is 5.32 Å². The SMILES string of the molecule is CCC(C)Nc1nc2c(-c3ccc(Cl)cc3)nnn2c2ccccc12. The first-order valence-corrected chi connectivity index (χ1v) is 8.72. The smallest absolute Gasteiger partial charge is 0.186 e. The molecule has 0 aliphatic carbocycles. The summed E-state index contributed by atoms with van der Waals surface area (Å²) in [7, 11) is 0. The van der Waals surface area contributed by atoms with Gasteiger partial charge in [0.15, 0.2) is 5.65 Å². The molecule has 0 saturated carbocycles. The molecule has 2 heterocycles. The van der Waals surface area contributed by atoms with Gasteiger partial charge >= 0.3 is 0 Å². The van der Waals surface area contributed by atoms with Gasteiger partial charge in [0.1, 0.15) is 11.5 Å². The van der Waals surface area contributed by atoms with Crippen molar-refractivity contribution in [2.75, 3.05) is 5.32 Å². The van der Waals surface area contributed by atoms with Crippen LogP contribution in [0.5, 0.6) is 0 Å². The molecule has 0 fully saturated rings. The Morgan fingerprint density at radius 2 is 1.88 bits per heavy atom. The van der Waals surface area contributed by atoms with Gasteiger partial charge < -0.3 is 5.32 Å². The molecule has 4 rings (SSSR count). The zero-order chi connectivity index (χ0) is 17.4. The molecule has 0 aliphatic heterocycles. The van der Waals surface area contributed by atoms with Gasteiger partial charge in [-0.3, -0.25) is 0 Å². The second kappa shape index (κ2) is 6.33. The van der Waals surface area contributed by atoms with Gasteiger partial charge in [-0.2, -0.15) is 4.52 Å². The van der Waals surface area contributed by atoms with Crippen molar-refractivity contribution in [2.24, 2.45) is 0 Å². The van der Waals surface area contributed by atoms with Crippen molar-refractivity contribution < 1.29 is 0 Å². The normalized spacial score (nSPS) is 12.6. The fourth-order valence-electron chi connectivity index (χ4n) is 2.80. The van der Waals surface area contributed by atoms with E-state index in [1.807, 2.05) is 42.5 Å². The molecule has 126 valence electrons. The topological polar surface area (TPSA) is 55.1 Å². The molecule has 0 radical (unpaired) electrons. The minimum absolute atomic E-state index is 0.327. The van der Waals surface area contributed by atoms with Crippen LogP contribution in [0.1, 0.15) is 20.3 Å². The highest BCUT2D eigenvalue weighted by molar-refractivity contribution is 6.30. The molecule has 4 aromatic rings. The zero-order valence-corrected chi connectivity index (χ0v) is 14.8. The summed E-state index contributed by atoms with van der Waals surface area (Å²) in [6.45, 7) is 4.30. The number of nitrogens with zero attached hydrogens (tertiary/aromatic N) is 4. The van der Waals surface area contributed by atoms with Gasteiger partial charge in [-0.05, 0) is 37.6 Å². The highest BCUT2D eigenvalue weighted by Crippen LogP contribution is 2.28. The summed E-state index contributed by atoms with van der Waals surface area (Å²) in [6, 6.07) is 16.0. The summed E-state index contributed by atoms with van der Waals surface area (Å²) in [6.07, 6.45) is 1.02. The Labute approximate surface area is 150 Å². The van der Waals surface area contributed by atoms with E-state index in [0.717, 1.165) is 40.0 Å². The van der Waals surface area contributed by atoms with E-state index in [2.05, 4.69) is 35.5 Å². The minimum Gasteiger partial charge on any atom is -0.367 e. The summed E-state index contributed by atoms with van der Waals surface area (Å²) >= 11 is 6.00. The first-order valence-electron chi connectivity index (χ1n) is 8.34. The molecule has 6 heteroatoms. The summed E-state index contributed by atoms with van der Waals surface area (Å²) in [5.41, 5.74) is 3.39. The van der Waals surface area contributed by atoms with E-state index < -0.39 is 0 Å². The van der Waals surface area contributed by atoms with Gasteiger partial charge in [-0.25, -0.2) is 4.98 Å². The molecular weight excluding hydrogens is 334 g/mol. The number of hydrogen-bond acceptors (Lipinski definition) is 4. The fraction of sp³-hybridized carbons (Fsp3) is 0.211. The van der Waals surface area contributed by atoms with Crippen LogP contribution in [0.15, 0.2) is 48.5 Å². The summed E-state index contributed by atoms with van der Waals surface area (Å²) in [5.74, 6) is 0.856. The lowest BCUT2D eigenvalue weighted by Crippen LogP contribution is -2.15. The van der Waals surface area contributed by atoms with E-state index in [0.29, 0.717) is 11.1 Å². The van der Waals surface area contributed by atoms with Gasteiger partial charge in [0.2, 0.25) is 0 Å². The largest absolute Gasteiger partial charge is 0.367 e. The van der Waals surface area contributed by atoms with Gasteiger partial charge in [-0.15, -0.1) is 5.10 Å². The molecule has 0 aliphatic rings. The first-order chi connectivity index (χ1) is 12.2. The van der Waals surface area contributed by atoms with Gasteiger partial charge in [-0.1, -0.05) is 48.0 Å². The minimum atomic E-state index is 0.327. The van der Waals surface area contributed by atoms with Gasteiger partial charge in [0.05, 0.1) is 5.52 Å². The average molecular weight is 352 g/mol. The Kier molecular flexibility index (Phi) is 4.01. The molecule has 1 unspecified atom stereocenters. The summed E-state index contributed by atoms with van der Waals surface area (Å²) in [5, 5.41) is 13.9. The van der Waals surface area contributed by atoms with Crippen LogP contribution in [0.3, 0.4) is 0 Å². The second-order valence-corrected chi connectivity index (χ2v) is 6.55. The molecule has 0 amide bonds. The first kappa shape index (κ1) is 15.8. The molecule has 2 aromatic carbocycles. The third-order valence-corrected chi connectivity index (χ3v) is 4.62. The van der Waals surface area contributed by atoms with E-state index >= 15 is 0 Å². The van der Waals surface area contributed by atoms with Gasteiger partial charge in [0.25, 0.3) is 0 Å². The molecular formula is C19H18ClN5. The Bertz CT molecular complexity index is 1040. The lowest BCUT2D eigenvalue weighted by atomic mass is 10.1. The van der Waals surface area contributed by atoms with Crippen LogP contribution in [-0.2, 0) is 0 Å². The maximum absolute atomic E-state index is 6.00. The predicted molar refractivity (Wildman–Crippen MR) is 102 cm³/mol. The van der Waals surface area contributed by atoms with Crippen LogP contribution in [0, 0.1) is 0 Å². The zero-order valence-electron chi connectivity index (χ0n) is 14.1. The highest BCUT2D eigenvalue weighted by Gasteiger charge is 2.16. The van der Waals surface area contributed by atoms with Crippen molar-refractivity contribution in [1.82, 2.24) is 19.8 Å². The van der Waals surface area contributed by atoms with Crippen LogP contribution in [-0.4, -0.2) is 25.9 Å². The van der Waals surface area contributed by atoms with E-state index in [9.17, 15) is 0 Å². The lowest BCUT2D eigenvalue weighted by Gasteiger charge is -2.14. The number of nitrogens with one attached hydrogen (secondary N) is 1. The second-order valence-electron chi connectivity index (χ2n) is 6.11. The van der Waals surface area contributed by atoms with Crippen molar-refractivity contribution in [3.8, 4) is 11.3 Å². The lowest BCUT2D eigenvalue weighted by molar-refractivity contribution is 0.760. The predicted octanol–water partition coefficient (Wildman–Crippen LogP) is 4.81. The Hall–Kier alpha value is -2.66. The van der Waals surface area contributed by atoms with E-state index in [1.54, 1.807) is 4.52 Å². The summed E-state index contributed by atoms with van der Waals surface area (Å²) in [4.78, 5) is 4.84. The third kappa shape index (κ3) is 2.81. The molecule has 0 saturated heterocycles. The Morgan fingerprint density at radius 3 is 2.64 bits per heavy atom. The standard InChI is InChI=1S/C19H18ClN5/c1-3-12(2)21-18-15-6-4-5-7-16(15)25-19(22-18)17(23-24-25)13-8-10-14(20)11-9-13/h4-12H,3H2,1-2H3,(H,21,22). The molecule has 25 heavy (non-hydrogen) atoms. The number of hydrogen-bond donors (Lipinski definition) is 1. The number of para-hydroxylation sites is 1. The van der Waals surface area contributed by atoms with Crippen molar-refractivity contribution in [2.45, 2.75) is 26.3 Å². The average Bonchev–Trinajstić information content (AvgIpc) is 3.06. The summed E-state index contributed by atoms with van der Waals surface area (Å²) < 4.78 is 1.79. The quantitative estimate of drug-likeness (QED) is 0.573. The Balaban J connectivity index is 1.97. The van der Waals surface area contributed by atoms with Crippen molar-refractivity contribution in [3.05, 3.63) is 53.6 Å². The maximum Gasteiger partial charge on any atom is 0.186 e. The van der Waals surface area contributed by atoms with E-state index in [1.165, 1.54) is 0 Å². The molecule has 1 N–H and O–H groups in total. The van der Waals surface area contributed by atoms with Crippen molar-refractivity contribution >= 4 is 34.0 Å². The number of rotatable bonds is 4. The van der Waals surface area contributed by atoms with E-state index in [-0.39, 0.29) is 0 Å². The van der Waals surface area contributed by atoms with Crippen LogP contribution in [0.25, 0.3) is 27.8 Å². The van der Waals surface area contributed by atoms with Crippen LogP contribution in [0.2, 0.25) is 5.02 Å². The molecule has 2 aromatic heterocycles. The van der Waals surface area contributed by atoms with Gasteiger partial charge in [0, 0.05) is 22.0 Å². The molecule has 0 bridgehead atoms. The number of benzene rings is 2.